The molecule has 0 radical (unpaired) electrons. The van der Waals surface area contributed by atoms with Crippen LogP contribution in [0.25, 0.3) is 0 Å². The molecule has 0 fully saturated rings. The largest absolute Gasteiger partial charge is 0.508 e. The van der Waals surface area contributed by atoms with E-state index in [-0.39, 0.29) is 84.6 Å². The third kappa shape index (κ3) is 31.3. The SMILES string of the molecule is CCOCCOCCOCCOCCC(=O)NCCCOc1cc(O)cc(C(=O)NC[C@H](NC(=O)c2c(C)nc(NCCCc3cccc(O)c3)nc2C)C(=O)O)c1.CCOCCOCCOCCOCCNC(=O)CCN1C(=O)C=CC1=O. The van der Waals surface area contributed by atoms with Crippen molar-refractivity contribution in [3.63, 3.8) is 0 Å². The number of rotatable bonds is 45. The molecule has 8 N–H and O–H groups in total. The highest BCUT2D eigenvalue weighted by molar-refractivity contribution is 6.13. The number of phenols is 2. The molecule has 27 nitrogen and oxygen atoms in total. The number of aromatic hydroxyl groups is 2. The van der Waals surface area contributed by atoms with Gasteiger partial charge in [0.1, 0.15) is 23.3 Å². The summed E-state index contributed by atoms with van der Waals surface area (Å²) in [6.45, 7) is 15.8. The van der Waals surface area contributed by atoms with E-state index in [1.54, 1.807) is 32.0 Å². The number of hydrogen-bond donors (Lipinski definition) is 8. The zero-order valence-corrected chi connectivity index (χ0v) is 48.6. The molecular formula is C57H84N8O19. The number of nitrogens with one attached hydrogen (secondary N) is 5. The summed E-state index contributed by atoms with van der Waals surface area (Å²) in [6.07, 6.45) is 4.55. The summed E-state index contributed by atoms with van der Waals surface area (Å²) < 4.78 is 48.1. The van der Waals surface area contributed by atoms with Crippen LogP contribution < -0.4 is 31.3 Å². The number of aromatic nitrogens is 2. The third-order valence-electron chi connectivity index (χ3n) is 11.6. The molecule has 0 aliphatic carbocycles. The lowest BCUT2D eigenvalue weighted by atomic mass is 10.1. The van der Waals surface area contributed by atoms with Crippen LogP contribution in [0.4, 0.5) is 5.95 Å². The Labute approximate surface area is 489 Å². The second-order valence-electron chi connectivity index (χ2n) is 18.2. The van der Waals surface area contributed by atoms with E-state index in [4.69, 9.17) is 42.6 Å². The number of carbonyl (C=O) groups excluding carboxylic acids is 6. The van der Waals surface area contributed by atoms with E-state index in [9.17, 15) is 48.9 Å². The van der Waals surface area contributed by atoms with Gasteiger partial charge in [0.05, 0.1) is 116 Å². The van der Waals surface area contributed by atoms with Crippen LogP contribution in [0, 0.1) is 13.8 Å². The smallest absolute Gasteiger partial charge is 0.328 e. The van der Waals surface area contributed by atoms with Gasteiger partial charge in [0.2, 0.25) is 17.8 Å². The Kier molecular flexibility index (Phi) is 36.5. The fraction of sp³-hybridized carbons (Fsp3) is 0.561. The van der Waals surface area contributed by atoms with E-state index in [2.05, 4.69) is 36.6 Å². The lowest BCUT2D eigenvalue weighted by Crippen LogP contribution is -2.48. The highest BCUT2D eigenvalue weighted by Crippen LogP contribution is 2.22. The van der Waals surface area contributed by atoms with Gasteiger partial charge >= 0.3 is 5.97 Å². The predicted molar refractivity (Wildman–Crippen MR) is 305 cm³/mol. The summed E-state index contributed by atoms with van der Waals surface area (Å²) in [5.41, 5.74) is 1.76. The van der Waals surface area contributed by atoms with Gasteiger partial charge in [0.15, 0.2) is 0 Å². The van der Waals surface area contributed by atoms with Gasteiger partial charge in [-0.1, -0.05) is 12.1 Å². The number of hydrogen-bond acceptors (Lipinski definition) is 21. The molecular weight excluding hydrogens is 1100 g/mol. The first-order valence-corrected chi connectivity index (χ1v) is 28.0. The monoisotopic (exact) mass is 1180 g/mol. The van der Waals surface area contributed by atoms with Crippen LogP contribution in [0.3, 0.4) is 0 Å². The molecule has 84 heavy (non-hydrogen) atoms. The average molecular weight is 1190 g/mol. The molecule has 3 aromatic rings. The Balaban J connectivity index is 0.000000593. The lowest BCUT2D eigenvalue weighted by molar-refractivity contribution is -0.139. The molecule has 1 atom stereocenters. The van der Waals surface area contributed by atoms with E-state index in [1.165, 1.54) is 30.4 Å². The molecule has 6 amide bonds. The molecule has 0 spiro atoms. The minimum atomic E-state index is -1.50. The number of anilines is 1. The van der Waals surface area contributed by atoms with Crippen molar-refractivity contribution in [3.05, 3.63) is 82.7 Å². The van der Waals surface area contributed by atoms with E-state index < -0.39 is 30.4 Å². The summed E-state index contributed by atoms with van der Waals surface area (Å²) in [5.74, 6) is -3.55. The number of carboxylic acids is 1. The number of aliphatic carboxylic acids is 1. The molecule has 4 rings (SSSR count). The summed E-state index contributed by atoms with van der Waals surface area (Å²) in [4.78, 5) is 94.3. The van der Waals surface area contributed by atoms with Crippen molar-refractivity contribution in [3.8, 4) is 17.2 Å². The number of nitrogens with zero attached hydrogens (tertiary/aromatic N) is 3. The first-order valence-electron chi connectivity index (χ1n) is 28.0. The zero-order chi connectivity index (χ0) is 61.2. The van der Waals surface area contributed by atoms with Gasteiger partial charge in [-0.15, -0.1) is 0 Å². The number of amides is 6. The molecule has 1 aliphatic rings. The van der Waals surface area contributed by atoms with Crippen LogP contribution in [0.1, 0.15) is 77.2 Å². The highest BCUT2D eigenvalue weighted by Gasteiger charge is 2.26. The molecule has 2 aromatic carbocycles. The Morgan fingerprint density at radius 3 is 1.70 bits per heavy atom. The zero-order valence-electron chi connectivity index (χ0n) is 48.6. The van der Waals surface area contributed by atoms with Crippen LogP contribution in [-0.2, 0) is 68.3 Å². The van der Waals surface area contributed by atoms with Crippen molar-refractivity contribution in [2.45, 2.75) is 65.8 Å². The molecule has 27 heteroatoms. The van der Waals surface area contributed by atoms with Crippen molar-refractivity contribution < 1.29 is 91.5 Å². The molecule has 1 aromatic heterocycles. The van der Waals surface area contributed by atoms with Gasteiger partial charge in [-0.3, -0.25) is 33.7 Å². The maximum Gasteiger partial charge on any atom is 0.328 e. The number of carbonyl (C=O) groups is 7. The molecule has 0 saturated carbocycles. The quantitative estimate of drug-likeness (QED) is 0.0296. The first kappa shape index (κ1) is 70.9. The predicted octanol–water partition coefficient (Wildman–Crippen LogP) is 2.03. The van der Waals surface area contributed by atoms with E-state index in [1.807, 2.05) is 19.9 Å². The summed E-state index contributed by atoms with van der Waals surface area (Å²) in [5, 5.41) is 43.1. The van der Waals surface area contributed by atoms with Crippen LogP contribution in [0.15, 0.2) is 54.6 Å². The van der Waals surface area contributed by atoms with Crippen LogP contribution in [-0.4, -0.2) is 223 Å². The van der Waals surface area contributed by atoms with Crippen molar-refractivity contribution in [2.24, 2.45) is 0 Å². The van der Waals surface area contributed by atoms with Crippen molar-refractivity contribution in [1.82, 2.24) is 36.1 Å². The Morgan fingerprint density at radius 2 is 1.13 bits per heavy atom. The van der Waals surface area contributed by atoms with E-state index >= 15 is 0 Å². The van der Waals surface area contributed by atoms with Crippen molar-refractivity contribution in [2.75, 3.05) is 150 Å². The molecule has 0 saturated heterocycles. The number of phenolic OH excluding ortho intramolecular Hbond substituents is 2. The summed E-state index contributed by atoms with van der Waals surface area (Å²) >= 11 is 0. The standard InChI is InChI=1S/C40H56N6O12.C17H28N2O7/c1-4-54-16-17-56-20-21-57-19-18-55-15-11-35(49)41-13-7-14-58-33-24-30(23-32(48)25-33)37(50)43-26-34(39(52)53)46-38(51)36-27(2)44-40(45-28(36)3)42-12-6-9-29-8-5-10-31(47)22-29;1-2-23-9-10-25-13-14-26-12-11-24-8-6-18-15(20)5-7-19-16(21)3-4-17(19)22/h5,8,10,22-25,34,47-48H,4,6-7,9,11-21,26H2,1-3H3,(H,41,49)(H,43,50)(H,46,51)(H,52,53)(H,42,44,45);3-4H,2,5-14H2,1H3,(H,18,20)/t34-;/m0./s1. The fourth-order valence-corrected chi connectivity index (χ4v) is 7.42. The van der Waals surface area contributed by atoms with Gasteiger partial charge < -0.3 is 84.5 Å². The normalized spacial score (nSPS) is 12.1. The number of imide groups is 1. The topological polar surface area (TPSA) is 352 Å². The molecule has 466 valence electrons. The highest BCUT2D eigenvalue weighted by atomic mass is 16.6. The Hall–Kier alpha value is -7.37. The minimum Gasteiger partial charge on any atom is -0.508 e. The summed E-state index contributed by atoms with van der Waals surface area (Å²) in [7, 11) is 0. The first-order chi connectivity index (χ1) is 40.6. The molecule has 0 bridgehead atoms. The second kappa shape index (κ2) is 43.3. The van der Waals surface area contributed by atoms with Gasteiger partial charge in [-0.05, 0) is 76.8 Å². The Bertz CT molecular complexity index is 2460. The van der Waals surface area contributed by atoms with Gasteiger partial charge in [0, 0.05) is 82.6 Å². The van der Waals surface area contributed by atoms with Crippen LogP contribution >= 0.6 is 0 Å². The maximum atomic E-state index is 13.2. The van der Waals surface area contributed by atoms with Gasteiger partial charge in [-0.2, -0.15) is 0 Å². The van der Waals surface area contributed by atoms with Gasteiger partial charge in [0.25, 0.3) is 23.6 Å². The number of benzene rings is 2. The lowest BCUT2D eigenvalue weighted by Gasteiger charge is -2.17. The number of aryl methyl sites for hydroxylation is 3. The van der Waals surface area contributed by atoms with Crippen LogP contribution in [0.2, 0.25) is 0 Å². The molecule has 0 unspecified atom stereocenters. The van der Waals surface area contributed by atoms with E-state index in [0.717, 1.165) is 23.3 Å². The Morgan fingerprint density at radius 1 is 0.583 bits per heavy atom. The number of carboxylic acid groups (broad SMARTS) is 1. The fourth-order valence-electron chi connectivity index (χ4n) is 7.42. The third-order valence-corrected chi connectivity index (χ3v) is 11.6. The molecule has 1 aliphatic heterocycles. The van der Waals surface area contributed by atoms with Crippen LogP contribution in [0.5, 0.6) is 17.2 Å². The average Bonchev–Trinajstić information content (AvgIpc) is 3.96. The minimum absolute atomic E-state index is 0.0000978. The van der Waals surface area contributed by atoms with Crippen molar-refractivity contribution in [1.29, 1.82) is 0 Å². The van der Waals surface area contributed by atoms with Crippen molar-refractivity contribution >= 4 is 47.4 Å². The van der Waals surface area contributed by atoms with E-state index in [0.29, 0.717) is 142 Å². The maximum absolute atomic E-state index is 13.2. The summed E-state index contributed by atoms with van der Waals surface area (Å²) in [6, 6.07) is 9.40. The molecule has 2 heterocycles. The second-order valence-corrected chi connectivity index (χ2v) is 18.2. The van der Waals surface area contributed by atoms with Gasteiger partial charge in [-0.25, -0.2) is 14.8 Å². The number of ether oxygens (including phenoxy) is 9.